The maximum Gasteiger partial charge on any atom is 0.272 e. The molecule has 4 aliphatic rings. The van der Waals surface area contributed by atoms with Crippen molar-refractivity contribution in [1.82, 2.24) is 30.2 Å². The minimum Gasteiger partial charge on any atom is -0.374 e. The van der Waals surface area contributed by atoms with Crippen LogP contribution in [0.25, 0.3) is 10.8 Å². The first kappa shape index (κ1) is 29.1. The lowest BCUT2D eigenvalue weighted by Crippen LogP contribution is -2.53. The molecule has 3 aromatic rings. The van der Waals surface area contributed by atoms with Crippen LogP contribution in [0, 0.1) is 11.7 Å². The Morgan fingerprint density at radius 2 is 1.70 bits per heavy atom. The largest absolute Gasteiger partial charge is 0.374 e. The van der Waals surface area contributed by atoms with Gasteiger partial charge in [0.25, 0.3) is 11.5 Å². The summed E-state index contributed by atoms with van der Waals surface area (Å²) in [6.07, 6.45) is 5.29. The summed E-state index contributed by atoms with van der Waals surface area (Å²) < 4.78 is 21.3. The van der Waals surface area contributed by atoms with Crippen LogP contribution in [0.4, 0.5) is 4.39 Å². The van der Waals surface area contributed by atoms with E-state index in [1.807, 2.05) is 17.0 Å². The number of nitrogens with one attached hydrogen (secondary N) is 2. The molecule has 2 amide bonds. The van der Waals surface area contributed by atoms with Gasteiger partial charge in [-0.1, -0.05) is 24.3 Å². The third-order valence-electron chi connectivity index (χ3n) is 9.89. The van der Waals surface area contributed by atoms with E-state index in [0.29, 0.717) is 68.3 Å². The van der Waals surface area contributed by atoms with Crippen molar-refractivity contribution in [1.29, 1.82) is 0 Å². The number of nitrogens with zero attached hydrogens (tertiary/aromatic N) is 4. The summed E-state index contributed by atoms with van der Waals surface area (Å²) in [5.74, 6) is -0.236. The standard InChI is InChI=1S/C33H39FN6O4/c34-28-6-5-21(16-29-25-3-1-2-4-26(25)32(42)37-36-29)15-27(28)33(43)40-13-11-39(12-14-40)31(41)20-38-9-7-24(8-10-38)44-30-18-23-17-22(30)19-35-23/h1-6,15,22-24,30,35H,7-14,16-20H2,(H,37,42). The molecule has 3 saturated heterocycles. The van der Waals surface area contributed by atoms with Crippen LogP contribution in [0.5, 0.6) is 0 Å². The van der Waals surface area contributed by atoms with E-state index in [-0.39, 0.29) is 29.0 Å². The molecular formula is C33H39FN6O4. The number of halogens is 1. The van der Waals surface area contributed by atoms with Gasteiger partial charge in [-0.25, -0.2) is 9.49 Å². The minimum atomic E-state index is -0.582. The maximum atomic E-state index is 14.9. The number of likely N-dealkylation sites (tertiary alicyclic amines) is 1. The summed E-state index contributed by atoms with van der Waals surface area (Å²) >= 11 is 0. The number of ether oxygens (including phenoxy) is 1. The molecule has 7 rings (SSSR count). The number of carbonyl (C=O) groups is 2. The molecule has 11 heteroatoms. The molecule has 1 aliphatic carbocycles. The van der Waals surface area contributed by atoms with Gasteiger partial charge in [-0.3, -0.25) is 19.3 Å². The number of hydrogen-bond donors (Lipinski definition) is 2. The van der Waals surface area contributed by atoms with Crippen molar-refractivity contribution in [2.45, 2.75) is 50.4 Å². The van der Waals surface area contributed by atoms with Gasteiger partial charge in [0.2, 0.25) is 5.91 Å². The van der Waals surface area contributed by atoms with Gasteiger partial charge in [-0.2, -0.15) is 5.10 Å². The second kappa shape index (κ2) is 12.4. The Hall–Kier alpha value is -3.67. The molecule has 4 fully saturated rings. The van der Waals surface area contributed by atoms with Crippen LogP contribution >= 0.6 is 0 Å². The van der Waals surface area contributed by atoms with Gasteiger partial charge in [-0.15, -0.1) is 0 Å². The predicted octanol–water partition coefficient (Wildman–Crippen LogP) is 2.17. The van der Waals surface area contributed by atoms with Gasteiger partial charge < -0.3 is 19.9 Å². The van der Waals surface area contributed by atoms with Crippen molar-refractivity contribution in [2.75, 3.05) is 52.4 Å². The van der Waals surface area contributed by atoms with E-state index >= 15 is 0 Å². The smallest absolute Gasteiger partial charge is 0.272 e. The summed E-state index contributed by atoms with van der Waals surface area (Å²) in [5, 5.41) is 11.5. The molecule has 0 spiro atoms. The highest BCUT2D eigenvalue weighted by molar-refractivity contribution is 5.95. The van der Waals surface area contributed by atoms with Gasteiger partial charge in [0.1, 0.15) is 5.82 Å². The molecule has 1 saturated carbocycles. The second-order valence-electron chi connectivity index (χ2n) is 12.7. The number of aromatic amines is 1. The van der Waals surface area contributed by atoms with Crippen LogP contribution in [-0.4, -0.2) is 107 Å². The first-order valence-corrected chi connectivity index (χ1v) is 15.8. The highest BCUT2D eigenvalue weighted by Crippen LogP contribution is 2.35. The van der Waals surface area contributed by atoms with E-state index in [9.17, 15) is 18.8 Å². The second-order valence-corrected chi connectivity index (χ2v) is 12.7. The topological polar surface area (TPSA) is 111 Å². The van der Waals surface area contributed by atoms with E-state index in [0.717, 1.165) is 49.8 Å². The summed E-state index contributed by atoms with van der Waals surface area (Å²) in [5.41, 5.74) is 1.10. The quantitative estimate of drug-likeness (QED) is 0.427. The Morgan fingerprint density at radius 3 is 2.43 bits per heavy atom. The number of aromatic nitrogens is 2. The van der Waals surface area contributed by atoms with Crippen molar-refractivity contribution in [2.24, 2.45) is 5.92 Å². The molecule has 2 aromatic carbocycles. The lowest BCUT2D eigenvalue weighted by atomic mass is 10.0. The number of benzene rings is 2. The molecular weight excluding hydrogens is 563 g/mol. The molecule has 3 unspecified atom stereocenters. The summed E-state index contributed by atoms with van der Waals surface area (Å²) in [4.78, 5) is 44.3. The number of fused-ring (bicyclic) bond motifs is 3. The minimum absolute atomic E-state index is 0.00259. The van der Waals surface area contributed by atoms with Gasteiger partial charge in [0, 0.05) is 63.7 Å². The van der Waals surface area contributed by atoms with E-state index in [1.165, 1.54) is 12.5 Å². The monoisotopic (exact) mass is 602 g/mol. The van der Waals surface area contributed by atoms with Crippen molar-refractivity contribution in [3.63, 3.8) is 0 Å². The van der Waals surface area contributed by atoms with Crippen LogP contribution in [0.3, 0.4) is 0 Å². The number of amides is 2. The summed E-state index contributed by atoms with van der Waals surface area (Å²) in [6, 6.07) is 12.3. The SMILES string of the molecule is O=C(CN1CCC(OC2CC3CC2CN3)CC1)N1CCN(C(=O)c2cc(Cc3n[nH]c(=O)c4ccccc34)ccc2F)CC1. The normalized spacial score (nSPS) is 24.3. The highest BCUT2D eigenvalue weighted by Gasteiger charge is 2.41. The van der Waals surface area contributed by atoms with Crippen LogP contribution < -0.4 is 10.9 Å². The zero-order valence-electron chi connectivity index (χ0n) is 24.8. The van der Waals surface area contributed by atoms with E-state index < -0.39 is 5.82 Å². The molecule has 2 bridgehead atoms. The molecule has 0 radical (unpaired) electrons. The van der Waals surface area contributed by atoms with Crippen molar-refractivity contribution >= 4 is 22.6 Å². The van der Waals surface area contributed by atoms with Crippen LogP contribution in [-0.2, 0) is 16.0 Å². The van der Waals surface area contributed by atoms with Gasteiger partial charge in [0.05, 0.1) is 35.4 Å². The van der Waals surface area contributed by atoms with E-state index in [2.05, 4.69) is 20.4 Å². The lowest BCUT2D eigenvalue weighted by molar-refractivity contribution is -0.135. The maximum absolute atomic E-state index is 14.9. The molecule has 232 valence electrons. The van der Waals surface area contributed by atoms with Crippen molar-refractivity contribution in [3.8, 4) is 0 Å². The van der Waals surface area contributed by atoms with E-state index in [1.54, 1.807) is 29.2 Å². The fourth-order valence-corrected chi connectivity index (χ4v) is 7.37. The van der Waals surface area contributed by atoms with Gasteiger partial charge in [0.15, 0.2) is 0 Å². The highest BCUT2D eigenvalue weighted by atomic mass is 19.1. The number of piperidine rings is 2. The van der Waals surface area contributed by atoms with Crippen LogP contribution in [0.1, 0.15) is 47.3 Å². The number of carbonyl (C=O) groups excluding carboxylic acids is 2. The Balaban J connectivity index is 0.905. The van der Waals surface area contributed by atoms with Crippen molar-refractivity contribution < 1.29 is 18.7 Å². The number of rotatable bonds is 7. The predicted molar refractivity (Wildman–Crippen MR) is 163 cm³/mol. The fraction of sp³-hybridized carbons (Fsp3) is 0.515. The molecule has 1 aromatic heterocycles. The van der Waals surface area contributed by atoms with Gasteiger partial charge >= 0.3 is 0 Å². The summed E-state index contributed by atoms with van der Waals surface area (Å²) in [6.45, 7) is 4.73. The Kier molecular flexibility index (Phi) is 8.17. The lowest BCUT2D eigenvalue weighted by Gasteiger charge is -2.38. The molecule has 44 heavy (non-hydrogen) atoms. The average Bonchev–Trinajstić information content (AvgIpc) is 3.68. The van der Waals surface area contributed by atoms with Gasteiger partial charge in [-0.05, 0) is 55.4 Å². The number of piperazine rings is 1. The number of hydrogen-bond acceptors (Lipinski definition) is 7. The van der Waals surface area contributed by atoms with Crippen LogP contribution in [0.2, 0.25) is 0 Å². The average molecular weight is 603 g/mol. The third-order valence-corrected chi connectivity index (χ3v) is 9.89. The molecule has 2 N–H and O–H groups in total. The zero-order chi connectivity index (χ0) is 30.2. The molecule has 3 aliphatic heterocycles. The Morgan fingerprint density at radius 1 is 0.955 bits per heavy atom. The first-order valence-electron chi connectivity index (χ1n) is 15.8. The van der Waals surface area contributed by atoms with Crippen LogP contribution in [0.15, 0.2) is 47.3 Å². The molecule has 3 atom stereocenters. The first-order chi connectivity index (χ1) is 21.4. The Labute approximate surface area is 255 Å². The third kappa shape index (κ3) is 6.00. The van der Waals surface area contributed by atoms with Crippen molar-refractivity contribution in [3.05, 3.63) is 75.5 Å². The zero-order valence-corrected chi connectivity index (χ0v) is 24.8. The van der Waals surface area contributed by atoms with E-state index in [4.69, 9.17) is 4.74 Å². The summed E-state index contributed by atoms with van der Waals surface area (Å²) in [7, 11) is 0. The molecule has 4 heterocycles. The molecule has 10 nitrogen and oxygen atoms in total. The Bertz CT molecular complexity index is 1600. The number of H-pyrrole nitrogens is 1. The fourth-order valence-electron chi connectivity index (χ4n) is 7.37.